The number of amides is 2. The van der Waals surface area contributed by atoms with Crippen molar-refractivity contribution in [2.45, 2.75) is 85.6 Å². The molecule has 1 aromatic heterocycles. The van der Waals surface area contributed by atoms with Gasteiger partial charge in [0.2, 0.25) is 11.8 Å². The van der Waals surface area contributed by atoms with Crippen molar-refractivity contribution in [1.82, 2.24) is 20.6 Å². The first-order valence-corrected chi connectivity index (χ1v) is 11.3. The van der Waals surface area contributed by atoms with Gasteiger partial charge in [0.15, 0.2) is 0 Å². The van der Waals surface area contributed by atoms with Crippen LogP contribution in [0.1, 0.15) is 75.7 Å². The van der Waals surface area contributed by atoms with Gasteiger partial charge < -0.3 is 0 Å². The quantitative estimate of drug-likeness (QED) is 0.718. The molecule has 4 fully saturated rings. The minimum absolute atomic E-state index is 0.0377. The fourth-order valence-electron chi connectivity index (χ4n) is 6.75. The third-order valence-corrected chi connectivity index (χ3v) is 7.45. The maximum absolute atomic E-state index is 12.6. The molecule has 4 bridgehead atoms. The predicted molar refractivity (Wildman–Crippen MR) is 112 cm³/mol. The van der Waals surface area contributed by atoms with Gasteiger partial charge in [0.1, 0.15) is 0 Å². The largest absolute Gasteiger partial charge is 0.273 e. The van der Waals surface area contributed by atoms with Crippen LogP contribution >= 0.6 is 0 Å². The first kappa shape index (κ1) is 20.4. The smallest absolute Gasteiger partial charge is 0.242 e. The van der Waals surface area contributed by atoms with Crippen LogP contribution in [-0.4, -0.2) is 21.6 Å². The van der Waals surface area contributed by atoms with Crippen molar-refractivity contribution in [2.24, 2.45) is 29.1 Å². The number of hydrogen-bond acceptors (Lipinski definition) is 3. The average molecular weight is 401 g/mol. The third-order valence-electron chi connectivity index (χ3n) is 7.45. The number of carbonyl (C=O) groups excluding carboxylic acids is 2. The Morgan fingerprint density at radius 3 is 2.14 bits per heavy atom. The van der Waals surface area contributed by atoms with Crippen LogP contribution < -0.4 is 10.9 Å². The van der Waals surface area contributed by atoms with Crippen molar-refractivity contribution in [3.63, 3.8) is 0 Å². The number of carbonyl (C=O) groups is 2. The molecule has 160 valence electrons. The lowest BCUT2D eigenvalue weighted by Gasteiger charge is -2.56. The Hall–Kier alpha value is -1.85. The molecule has 0 unspecified atom stereocenters. The Kier molecular flexibility index (Phi) is 5.47. The van der Waals surface area contributed by atoms with Crippen LogP contribution in [0.5, 0.6) is 0 Å². The number of nitrogens with one attached hydrogen (secondary N) is 2. The molecule has 0 spiro atoms. The maximum atomic E-state index is 12.6. The molecule has 4 aliphatic carbocycles. The second-order valence-corrected chi connectivity index (χ2v) is 10.6. The van der Waals surface area contributed by atoms with Gasteiger partial charge in [-0.05, 0) is 81.5 Å². The second kappa shape index (κ2) is 7.77. The lowest BCUT2D eigenvalue weighted by Crippen LogP contribution is -2.50. The molecule has 0 radical (unpaired) electrons. The number of aromatic nitrogens is 2. The Morgan fingerprint density at radius 2 is 1.59 bits per heavy atom. The van der Waals surface area contributed by atoms with Crippen LogP contribution in [0.4, 0.5) is 0 Å². The van der Waals surface area contributed by atoms with Crippen molar-refractivity contribution < 1.29 is 9.59 Å². The standard InChI is InChI=1S/C23H36N4O2/c1-14(2)13-27-16(4)20(15(3)26-27)8-21(28)24-25-22(29)12-23-9-17-5-18(10-23)7-19(6-17)11-23/h14,17-19H,5-13H2,1-4H3,(H,24,28)(H,25,29). The van der Waals surface area contributed by atoms with E-state index >= 15 is 0 Å². The summed E-state index contributed by atoms with van der Waals surface area (Å²) in [6, 6.07) is 0. The molecule has 0 saturated heterocycles. The van der Waals surface area contributed by atoms with Gasteiger partial charge in [-0.2, -0.15) is 5.10 Å². The summed E-state index contributed by atoms with van der Waals surface area (Å²) in [5.74, 6) is 2.77. The summed E-state index contributed by atoms with van der Waals surface area (Å²) in [6.45, 7) is 9.11. The van der Waals surface area contributed by atoms with Gasteiger partial charge in [0, 0.05) is 24.2 Å². The van der Waals surface area contributed by atoms with Gasteiger partial charge in [-0.1, -0.05) is 13.8 Å². The summed E-state index contributed by atoms with van der Waals surface area (Å²) in [6.07, 6.45) is 8.53. The van der Waals surface area contributed by atoms with Crippen molar-refractivity contribution in [2.75, 3.05) is 0 Å². The summed E-state index contributed by atoms with van der Waals surface area (Å²) in [7, 11) is 0. The molecule has 4 aliphatic rings. The zero-order chi connectivity index (χ0) is 20.8. The molecule has 2 N–H and O–H groups in total. The third kappa shape index (κ3) is 4.36. The highest BCUT2D eigenvalue weighted by Crippen LogP contribution is 2.61. The van der Waals surface area contributed by atoms with Crippen LogP contribution in [0.15, 0.2) is 0 Å². The van der Waals surface area contributed by atoms with Gasteiger partial charge in [-0.25, -0.2) is 0 Å². The Balaban J connectivity index is 1.29. The molecular formula is C23H36N4O2. The summed E-state index contributed by atoms with van der Waals surface area (Å²) in [5, 5.41) is 4.57. The van der Waals surface area contributed by atoms with E-state index in [2.05, 4.69) is 29.8 Å². The molecule has 1 heterocycles. The van der Waals surface area contributed by atoms with E-state index in [0.717, 1.165) is 41.2 Å². The zero-order valence-corrected chi connectivity index (χ0v) is 18.4. The Bertz CT molecular complexity index is 760. The minimum atomic E-state index is -0.181. The number of rotatable bonds is 6. The van der Waals surface area contributed by atoms with Gasteiger partial charge >= 0.3 is 0 Å². The van der Waals surface area contributed by atoms with Gasteiger partial charge in [0.05, 0.1) is 12.1 Å². The highest BCUT2D eigenvalue weighted by Gasteiger charge is 2.51. The summed E-state index contributed by atoms with van der Waals surface area (Å²) in [4.78, 5) is 25.1. The fourth-order valence-corrected chi connectivity index (χ4v) is 6.75. The van der Waals surface area contributed by atoms with Crippen molar-refractivity contribution >= 4 is 11.8 Å². The van der Waals surface area contributed by atoms with E-state index in [0.29, 0.717) is 12.3 Å². The predicted octanol–water partition coefficient (Wildman–Crippen LogP) is 3.45. The van der Waals surface area contributed by atoms with Crippen LogP contribution in [0.2, 0.25) is 0 Å². The molecule has 2 amide bonds. The van der Waals surface area contributed by atoms with Crippen molar-refractivity contribution in [3.8, 4) is 0 Å². The summed E-state index contributed by atoms with van der Waals surface area (Å²) < 4.78 is 1.98. The van der Waals surface area contributed by atoms with E-state index in [1.165, 1.54) is 38.5 Å². The zero-order valence-electron chi connectivity index (χ0n) is 18.4. The van der Waals surface area contributed by atoms with E-state index in [-0.39, 0.29) is 23.7 Å². The lowest BCUT2D eigenvalue weighted by atomic mass is 9.49. The normalized spacial score (nSPS) is 30.0. The average Bonchev–Trinajstić information content (AvgIpc) is 2.85. The first-order chi connectivity index (χ1) is 13.7. The highest BCUT2D eigenvalue weighted by molar-refractivity contribution is 5.83. The minimum Gasteiger partial charge on any atom is -0.273 e. The first-order valence-electron chi connectivity index (χ1n) is 11.3. The van der Waals surface area contributed by atoms with Crippen LogP contribution in [0.3, 0.4) is 0 Å². The summed E-state index contributed by atoms with van der Waals surface area (Å²) >= 11 is 0. The van der Waals surface area contributed by atoms with E-state index in [4.69, 9.17) is 0 Å². The SMILES string of the molecule is Cc1nn(CC(C)C)c(C)c1CC(=O)NNC(=O)CC12CC3CC(CC(C3)C1)C2. The van der Waals surface area contributed by atoms with Gasteiger partial charge in [0.25, 0.3) is 0 Å². The Morgan fingerprint density at radius 1 is 1.03 bits per heavy atom. The van der Waals surface area contributed by atoms with Crippen molar-refractivity contribution in [1.29, 1.82) is 0 Å². The summed E-state index contributed by atoms with van der Waals surface area (Å²) in [5.41, 5.74) is 8.40. The number of hydrogen-bond donors (Lipinski definition) is 2. The topological polar surface area (TPSA) is 76.0 Å². The second-order valence-electron chi connectivity index (χ2n) is 10.6. The molecule has 4 saturated carbocycles. The molecule has 0 aromatic carbocycles. The van der Waals surface area contributed by atoms with E-state index in [1.807, 2.05) is 18.5 Å². The molecule has 5 rings (SSSR count). The van der Waals surface area contributed by atoms with Crippen LogP contribution in [-0.2, 0) is 22.6 Å². The van der Waals surface area contributed by atoms with E-state index in [9.17, 15) is 9.59 Å². The number of aryl methyl sites for hydroxylation is 1. The molecule has 0 aliphatic heterocycles. The van der Waals surface area contributed by atoms with Crippen LogP contribution in [0, 0.1) is 42.9 Å². The molecule has 0 atom stereocenters. The van der Waals surface area contributed by atoms with E-state index in [1.54, 1.807) is 0 Å². The van der Waals surface area contributed by atoms with E-state index < -0.39 is 0 Å². The monoisotopic (exact) mass is 400 g/mol. The molecular weight excluding hydrogens is 364 g/mol. The van der Waals surface area contributed by atoms with Gasteiger partial charge in [-0.3, -0.25) is 25.1 Å². The Labute approximate surface area is 174 Å². The highest BCUT2D eigenvalue weighted by atomic mass is 16.2. The molecule has 1 aromatic rings. The fraction of sp³-hybridized carbons (Fsp3) is 0.783. The van der Waals surface area contributed by atoms with Crippen LogP contribution in [0.25, 0.3) is 0 Å². The van der Waals surface area contributed by atoms with Crippen molar-refractivity contribution in [3.05, 3.63) is 17.0 Å². The maximum Gasteiger partial charge on any atom is 0.242 e. The number of nitrogens with zero attached hydrogens (tertiary/aromatic N) is 2. The lowest BCUT2D eigenvalue weighted by molar-refractivity contribution is -0.134. The molecule has 29 heavy (non-hydrogen) atoms. The molecule has 6 heteroatoms. The number of hydrazine groups is 1. The molecule has 6 nitrogen and oxygen atoms in total. The van der Waals surface area contributed by atoms with Gasteiger partial charge in [-0.15, -0.1) is 0 Å².